The summed E-state index contributed by atoms with van der Waals surface area (Å²) in [5, 5.41) is 4.18. The molecule has 2 atom stereocenters. The highest BCUT2D eigenvalue weighted by Gasteiger charge is 2.28. The summed E-state index contributed by atoms with van der Waals surface area (Å²) in [6.07, 6.45) is 5.72. The van der Waals surface area contributed by atoms with Crippen LogP contribution in [-0.4, -0.2) is 42.9 Å². The van der Waals surface area contributed by atoms with Gasteiger partial charge in [0.1, 0.15) is 0 Å². The van der Waals surface area contributed by atoms with Gasteiger partial charge in [0.05, 0.1) is 19.1 Å². The van der Waals surface area contributed by atoms with E-state index in [-0.39, 0.29) is 24.4 Å². The summed E-state index contributed by atoms with van der Waals surface area (Å²) in [7, 11) is 0. The fourth-order valence-corrected chi connectivity index (χ4v) is 3.19. The van der Waals surface area contributed by atoms with E-state index in [9.17, 15) is 9.59 Å². The van der Waals surface area contributed by atoms with Gasteiger partial charge in [0, 0.05) is 6.04 Å². The van der Waals surface area contributed by atoms with Crippen molar-refractivity contribution in [2.45, 2.75) is 79.1 Å². The summed E-state index contributed by atoms with van der Waals surface area (Å²) >= 11 is 0. The molecule has 6 nitrogen and oxygen atoms in total. The Labute approximate surface area is 152 Å². The minimum atomic E-state index is -0.520. The molecule has 1 saturated carbocycles. The number of nitrogens with zero attached hydrogens (tertiary/aromatic N) is 1. The van der Waals surface area contributed by atoms with Crippen LogP contribution < -0.4 is 5.32 Å². The van der Waals surface area contributed by atoms with E-state index < -0.39 is 6.29 Å². The average Bonchev–Trinajstić information content (AvgIpc) is 3.03. The van der Waals surface area contributed by atoms with Crippen LogP contribution >= 0.6 is 0 Å². The predicted octanol–water partition coefficient (Wildman–Crippen LogP) is 3.12. The first-order chi connectivity index (χ1) is 11.8. The van der Waals surface area contributed by atoms with Gasteiger partial charge in [-0.1, -0.05) is 39.5 Å². The number of hydrogen-bond acceptors (Lipinski definition) is 4. The molecule has 146 valence electrons. The lowest BCUT2D eigenvalue weighted by atomic mass is 9.92. The monoisotopic (exact) mass is 356 g/mol. The third kappa shape index (κ3) is 9.21. The van der Waals surface area contributed by atoms with Crippen LogP contribution in [0.5, 0.6) is 0 Å². The van der Waals surface area contributed by atoms with Gasteiger partial charge < -0.3 is 10.1 Å². The van der Waals surface area contributed by atoms with Gasteiger partial charge in [-0.05, 0) is 39.0 Å². The van der Waals surface area contributed by atoms with E-state index in [0.29, 0.717) is 24.9 Å². The Bertz CT molecular complexity index is 395. The van der Waals surface area contributed by atoms with Crippen LogP contribution in [0.15, 0.2) is 0 Å². The lowest BCUT2D eigenvalue weighted by Gasteiger charge is -2.27. The van der Waals surface area contributed by atoms with Gasteiger partial charge >= 0.3 is 0 Å². The van der Waals surface area contributed by atoms with E-state index in [1.165, 1.54) is 30.7 Å². The van der Waals surface area contributed by atoms with Crippen LogP contribution in [0.2, 0.25) is 0 Å². The van der Waals surface area contributed by atoms with Crippen LogP contribution in [0.3, 0.4) is 0 Å². The standard InChI is InChI=1S/C19H36N2O4/c1-14(2)12-24-16(5)25-21(13-22)11-18(19(23)20-15(3)4)10-17-8-6-7-9-17/h13-18H,6-12H2,1-5H3,(H,20,23)/t16?,18-/m1/s1. The second-order valence-electron chi connectivity index (χ2n) is 7.85. The maximum absolute atomic E-state index is 12.6. The molecule has 1 N–H and O–H groups in total. The topological polar surface area (TPSA) is 67.9 Å². The fourth-order valence-electron chi connectivity index (χ4n) is 3.19. The summed E-state index contributed by atoms with van der Waals surface area (Å²) in [6, 6.07) is 0.0810. The second kappa shape index (κ2) is 11.5. The quantitative estimate of drug-likeness (QED) is 0.331. The Morgan fingerprint density at radius 1 is 1.20 bits per heavy atom. The van der Waals surface area contributed by atoms with E-state index in [4.69, 9.17) is 9.57 Å². The minimum Gasteiger partial charge on any atom is -0.354 e. The molecule has 2 amide bonds. The minimum absolute atomic E-state index is 0.00639. The highest BCUT2D eigenvalue weighted by atomic mass is 16.8. The van der Waals surface area contributed by atoms with Gasteiger partial charge in [-0.25, -0.2) is 9.90 Å². The van der Waals surface area contributed by atoms with E-state index >= 15 is 0 Å². The van der Waals surface area contributed by atoms with Crippen LogP contribution in [-0.2, 0) is 19.2 Å². The van der Waals surface area contributed by atoms with Crippen molar-refractivity contribution in [2.24, 2.45) is 17.8 Å². The van der Waals surface area contributed by atoms with Crippen LogP contribution in [0, 0.1) is 17.8 Å². The first-order valence-electron chi connectivity index (χ1n) is 9.62. The van der Waals surface area contributed by atoms with Gasteiger partial charge in [-0.2, -0.15) is 0 Å². The number of amides is 2. The van der Waals surface area contributed by atoms with Crippen molar-refractivity contribution in [1.82, 2.24) is 10.4 Å². The molecule has 0 aliphatic heterocycles. The number of ether oxygens (including phenoxy) is 1. The van der Waals surface area contributed by atoms with Crippen molar-refractivity contribution < 1.29 is 19.2 Å². The number of hydrogen-bond donors (Lipinski definition) is 1. The third-order valence-corrected chi connectivity index (χ3v) is 4.36. The maximum atomic E-state index is 12.6. The highest BCUT2D eigenvalue weighted by molar-refractivity contribution is 5.79. The third-order valence-electron chi connectivity index (χ3n) is 4.36. The van der Waals surface area contributed by atoms with Crippen molar-refractivity contribution in [3.63, 3.8) is 0 Å². The molecule has 1 aliphatic rings. The molecule has 25 heavy (non-hydrogen) atoms. The average molecular weight is 357 g/mol. The number of rotatable bonds is 12. The first-order valence-corrected chi connectivity index (χ1v) is 9.62. The van der Waals surface area contributed by atoms with Gasteiger partial charge in [-0.3, -0.25) is 9.59 Å². The van der Waals surface area contributed by atoms with E-state index in [1.54, 1.807) is 6.92 Å². The maximum Gasteiger partial charge on any atom is 0.233 e. The Kier molecular flexibility index (Phi) is 10.0. The number of carbonyl (C=O) groups is 2. The molecule has 0 saturated heterocycles. The van der Waals surface area contributed by atoms with E-state index in [1.807, 2.05) is 13.8 Å². The van der Waals surface area contributed by atoms with Gasteiger partial charge in [0.25, 0.3) is 0 Å². The molecular weight excluding hydrogens is 320 g/mol. The van der Waals surface area contributed by atoms with Crippen LogP contribution in [0.4, 0.5) is 0 Å². The normalized spacial score (nSPS) is 17.7. The summed E-state index contributed by atoms with van der Waals surface area (Å²) < 4.78 is 5.55. The molecule has 0 heterocycles. The predicted molar refractivity (Wildman–Crippen MR) is 97.5 cm³/mol. The molecule has 0 aromatic rings. The second-order valence-corrected chi connectivity index (χ2v) is 7.85. The molecule has 0 radical (unpaired) electrons. The summed E-state index contributed by atoms with van der Waals surface area (Å²) in [5.41, 5.74) is 0. The Hall–Kier alpha value is -1.14. The Balaban J connectivity index is 2.61. The highest BCUT2D eigenvalue weighted by Crippen LogP contribution is 2.30. The zero-order valence-electron chi connectivity index (χ0n) is 16.5. The molecule has 1 fully saturated rings. The van der Waals surface area contributed by atoms with Crippen LogP contribution in [0.25, 0.3) is 0 Å². The largest absolute Gasteiger partial charge is 0.354 e. The van der Waals surface area contributed by atoms with Crippen LogP contribution in [0.1, 0.15) is 66.7 Å². The lowest BCUT2D eigenvalue weighted by molar-refractivity contribution is -0.261. The van der Waals surface area contributed by atoms with Crippen molar-refractivity contribution in [3.8, 4) is 0 Å². The zero-order chi connectivity index (χ0) is 18.8. The molecule has 0 aromatic heterocycles. The summed E-state index contributed by atoms with van der Waals surface area (Å²) in [4.78, 5) is 29.5. The molecule has 1 rings (SSSR count). The number of carbonyl (C=O) groups excluding carboxylic acids is 2. The Morgan fingerprint density at radius 3 is 2.36 bits per heavy atom. The first kappa shape index (κ1) is 21.9. The SMILES string of the molecule is CC(C)COC(C)ON(C=O)C[C@@H](CC1CCCC1)C(=O)NC(C)C. The molecular formula is C19H36N2O4. The van der Waals surface area contributed by atoms with Crippen molar-refractivity contribution in [2.75, 3.05) is 13.2 Å². The zero-order valence-corrected chi connectivity index (χ0v) is 16.5. The fraction of sp³-hybridized carbons (Fsp3) is 0.895. The van der Waals surface area contributed by atoms with Crippen molar-refractivity contribution in [3.05, 3.63) is 0 Å². The van der Waals surface area contributed by atoms with Crippen molar-refractivity contribution in [1.29, 1.82) is 0 Å². The number of hydroxylamine groups is 2. The van der Waals surface area contributed by atoms with E-state index in [0.717, 1.165) is 6.42 Å². The molecule has 0 aromatic carbocycles. The summed E-state index contributed by atoms with van der Waals surface area (Å²) in [6.45, 7) is 10.6. The molecule has 0 spiro atoms. The van der Waals surface area contributed by atoms with Crippen molar-refractivity contribution >= 4 is 12.3 Å². The van der Waals surface area contributed by atoms with Gasteiger partial charge in [0.2, 0.25) is 12.3 Å². The smallest absolute Gasteiger partial charge is 0.233 e. The Morgan fingerprint density at radius 2 is 1.84 bits per heavy atom. The van der Waals surface area contributed by atoms with Gasteiger partial charge in [-0.15, -0.1) is 0 Å². The molecule has 1 unspecified atom stereocenters. The molecule has 6 heteroatoms. The summed E-state index contributed by atoms with van der Waals surface area (Å²) in [5.74, 6) is 0.690. The van der Waals surface area contributed by atoms with Gasteiger partial charge in [0.15, 0.2) is 6.29 Å². The molecule has 0 bridgehead atoms. The number of nitrogens with one attached hydrogen (secondary N) is 1. The van der Waals surface area contributed by atoms with E-state index in [2.05, 4.69) is 19.2 Å². The molecule has 1 aliphatic carbocycles. The lowest BCUT2D eigenvalue weighted by Crippen LogP contribution is -2.42.